The number of rotatable bonds is 6. The van der Waals surface area contributed by atoms with E-state index in [-0.39, 0.29) is 18.1 Å². The molecular weight excluding hydrogens is 357 g/mol. The van der Waals surface area contributed by atoms with Gasteiger partial charge in [-0.1, -0.05) is 23.2 Å². The molecule has 0 saturated heterocycles. The molecule has 0 unspecified atom stereocenters. The van der Waals surface area contributed by atoms with Gasteiger partial charge in [0.05, 0.1) is 15.0 Å². The minimum absolute atomic E-state index is 0.0756. The Morgan fingerprint density at radius 3 is 2.67 bits per heavy atom. The number of nitrogens with zero attached hydrogens (tertiary/aromatic N) is 3. The van der Waals surface area contributed by atoms with Crippen LogP contribution in [0.1, 0.15) is 16.1 Å². The minimum Gasteiger partial charge on any atom is -0.363 e. The van der Waals surface area contributed by atoms with E-state index in [4.69, 9.17) is 23.2 Å². The molecule has 2 rings (SSSR count). The summed E-state index contributed by atoms with van der Waals surface area (Å²) < 4.78 is 1.40. The molecule has 1 aromatic carbocycles. The summed E-state index contributed by atoms with van der Waals surface area (Å²) in [7, 11) is 1.61. The van der Waals surface area contributed by atoms with E-state index in [1.807, 2.05) is 0 Å². The van der Waals surface area contributed by atoms with Crippen LogP contribution in [0, 0.1) is 17.0 Å². The van der Waals surface area contributed by atoms with E-state index in [1.54, 1.807) is 26.1 Å². The molecule has 0 atom stereocenters. The highest BCUT2D eigenvalue weighted by molar-refractivity contribution is 6.42. The van der Waals surface area contributed by atoms with Gasteiger partial charge in [-0.05, 0) is 25.1 Å². The number of hydrogen-bond donors (Lipinski definition) is 2. The van der Waals surface area contributed by atoms with Crippen molar-refractivity contribution in [2.24, 2.45) is 7.05 Å². The van der Waals surface area contributed by atoms with Crippen LogP contribution in [0.2, 0.25) is 10.0 Å². The number of carbonyl (C=O) groups excluding carboxylic acids is 1. The standard InChI is InChI=1S/C14H15Cl2N5O3/c1-8-12(21(23)24)13(20(2)19-8)17-5-6-18-14(22)9-3-4-10(15)11(16)7-9/h3-4,7,17H,5-6H2,1-2H3,(H,18,22). The van der Waals surface area contributed by atoms with Crippen LogP contribution in [0.25, 0.3) is 0 Å². The lowest BCUT2D eigenvalue weighted by molar-refractivity contribution is -0.384. The highest BCUT2D eigenvalue weighted by Gasteiger charge is 2.23. The lowest BCUT2D eigenvalue weighted by atomic mass is 10.2. The molecule has 0 aliphatic heterocycles. The first-order valence-electron chi connectivity index (χ1n) is 6.96. The van der Waals surface area contributed by atoms with E-state index in [9.17, 15) is 14.9 Å². The van der Waals surface area contributed by atoms with E-state index in [2.05, 4.69) is 15.7 Å². The van der Waals surface area contributed by atoms with Crippen LogP contribution in [-0.2, 0) is 7.05 Å². The van der Waals surface area contributed by atoms with Gasteiger partial charge in [0.1, 0.15) is 5.69 Å². The minimum atomic E-state index is -0.487. The molecule has 0 aliphatic rings. The maximum Gasteiger partial charge on any atom is 0.333 e. The average molecular weight is 372 g/mol. The summed E-state index contributed by atoms with van der Waals surface area (Å²) >= 11 is 11.7. The summed E-state index contributed by atoms with van der Waals surface area (Å²) in [5.74, 6) is -0.0210. The number of carbonyl (C=O) groups is 1. The molecule has 128 valence electrons. The number of nitrogens with one attached hydrogen (secondary N) is 2. The highest BCUT2D eigenvalue weighted by Crippen LogP contribution is 2.26. The number of aromatic nitrogens is 2. The predicted molar refractivity (Wildman–Crippen MR) is 91.9 cm³/mol. The van der Waals surface area contributed by atoms with Crippen molar-refractivity contribution in [3.8, 4) is 0 Å². The first kappa shape index (κ1) is 18.0. The molecule has 1 heterocycles. The summed E-state index contributed by atoms with van der Waals surface area (Å²) in [5.41, 5.74) is 0.630. The third-order valence-electron chi connectivity index (χ3n) is 3.26. The van der Waals surface area contributed by atoms with Crippen LogP contribution >= 0.6 is 23.2 Å². The molecule has 0 bridgehead atoms. The van der Waals surface area contributed by atoms with Crippen molar-refractivity contribution in [1.29, 1.82) is 0 Å². The van der Waals surface area contributed by atoms with Gasteiger partial charge in [0.25, 0.3) is 5.91 Å². The Kier molecular flexibility index (Phi) is 5.63. The molecule has 24 heavy (non-hydrogen) atoms. The third-order valence-corrected chi connectivity index (χ3v) is 4.00. The number of benzene rings is 1. The average Bonchev–Trinajstić information content (AvgIpc) is 2.80. The van der Waals surface area contributed by atoms with E-state index in [0.717, 1.165) is 0 Å². The van der Waals surface area contributed by atoms with Crippen molar-refractivity contribution in [3.05, 3.63) is 49.6 Å². The summed E-state index contributed by atoms with van der Waals surface area (Å²) in [6.45, 7) is 2.13. The summed E-state index contributed by atoms with van der Waals surface area (Å²) in [6, 6.07) is 4.58. The molecule has 0 aliphatic carbocycles. The number of halogens is 2. The number of nitro groups is 1. The molecule has 0 radical (unpaired) electrons. The van der Waals surface area contributed by atoms with E-state index >= 15 is 0 Å². The molecule has 0 spiro atoms. The van der Waals surface area contributed by atoms with Gasteiger partial charge in [-0.3, -0.25) is 14.9 Å². The number of hydrogen-bond acceptors (Lipinski definition) is 5. The van der Waals surface area contributed by atoms with Crippen molar-refractivity contribution in [2.75, 3.05) is 18.4 Å². The second kappa shape index (κ2) is 7.50. The number of amides is 1. The monoisotopic (exact) mass is 371 g/mol. The fraction of sp³-hybridized carbons (Fsp3) is 0.286. The summed E-state index contributed by atoms with van der Waals surface area (Å²) in [6.07, 6.45) is 0. The van der Waals surface area contributed by atoms with Crippen molar-refractivity contribution in [2.45, 2.75) is 6.92 Å². The van der Waals surface area contributed by atoms with E-state index < -0.39 is 4.92 Å². The lowest BCUT2D eigenvalue weighted by Crippen LogP contribution is -2.29. The zero-order chi connectivity index (χ0) is 17.9. The smallest absolute Gasteiger partial charge is 0.333 e. The van der Waals surface area contributed by atoms with Gasteiger partial charge in [-0.15, -0.1) is 0 Å². The van der Waals surface area contributed by atoms with Crippen molar-refractivity contribution in [3.63, 3.8) is 0 Å². The van der Waals surface area contributed by atoms with Gasteiger partial charge in [-0.2, -0.15) is 5.10 Å². The Balaban J connectivity index is 1.92. The molecule has 2 aromatic rings. The third kappa shape index (κ3) is 3.95. The molecule has 0 fully saturated rings. The second-order valence-corrected chi connectivity index (χ2v) is 5.79. The van der Waals surface area contributed by atoms with Crippen LogP contribution in [0.3, 0.4) is 0 Å². The van der Waals surface area contributed by atoms with Crippen molar-refractivity contribution < 1.29 is 9.72 Å². The van der Waals surface area contributed by atoms with Gasteiger partial charge in [0.2, 0.25) is 5.82 Å². The van der Waals surface area contributed by atoms with E-state index in [1.165, 1.54) is 10.7 Å². The predicted octanol–water partition coefficient (Wildman–Crippen LogP) is 2.79. The zero-order valence-corrected chi connectivity index (χ0v) is 14.5. The van der Waals surface area contributed by atoms with Crippen molar-refractivity contribution in [1.82, 2.24) is 15.1 Å². The molecular formula is C14H15Cl2N5O3. The first-order valence-corrected chi connectivity index (χ1v) is 7.72. The fourth-order valence-corrected chi connectivity index (χ4v) is 2.46. The Labute approximate surface area is 147 Å². The maximum atomic E-state index is 12.0. The Hall–Kier alpha value is -2.32. The van der Waals surface area contributed by atoms with Gasteiger partial charge in [0, 0.05) is 25.7 Å². The molecule has 10 heteroatoms. The van der Waals surface area contributed by atoms with E-state index in [0.29, 0.717) is 33.7 Å². The fourth-order valence-electron chi connectivity index (χ4n) is 2.16. The van der Waals surface area contributed by atoms with Gasteiger partial charge >= 0.3 is 5.69 Å². The highest BCUT2D eigenvalue weighted by atomic mass is 35.5. The zero-order valence-electron chi connectivity index (χ0n) is 13.0. The van der Waals surface area contributed by atoms with Gasteiger partial charge in [0.15, 0.2) is 0 Å². The van der Waals surface area contributed by atoms with Crippen LogP contribution in [0.15, 0.2) is 18.2 Å². The van der Waals surface area contributed by atoms with Gasteiger partial charge in [-0.25, -0.2) is 4.68 Å². The number of anilines is 1. The Bertz CT molecular complexity index is 791. The Morgan fingerprint density at radius 1 is 1.33 bits per heavy atom. The quantitative estimate of drug-likeness (QED) is 0.461. The largest absolute Gasteiger partial charge is 0.363 e. The maximum absolute atomic E-state index is 12.0. The molecule has 1 aromatic heterocycles. The lowest BCUT2D eigenvalue weighted by Gasteiger charge is -2.08. The second-order valence-electron chi connectivity index (χ2n) is 4.97. The summed E-state index contributed by atoms with van der Waals surface area (Å²) in [5, 5.41) is 21.3. The van der Waals surface area contributed by atoms with Gasteiger partial charge < -0.3 is 10.6 Å². The van der Waals surface area contributed by atoms with Crippen LogP contribution in [-0.4, -0.2) is 33.7 Å². The Morgan fingerprint density at radius 2 is 2.04 bits per heavy atom. The normalized spacial score (nSPS) is 10.5. The van der Waals surface area contributed by atoms with Crippen LogP contribution in [0.4, 0.5) is 11.5 Å². The summed E-state index contributed by atoms with van der Waals surface area (Å²) in [4.78, 5) is 22.6. The molecule has 0 saturated carbocycles. The number of aryl methyl sites for hydroxylation is 2. The van der Waals surface area contributed by atoms with Crippen molar-refractivity contribution >= 4 is 40.6 Å². The SMILES string of the molecule is Cc1nn(C)c(NCCNC(=O)c2ccc(Cl)c(Cl)c2)c1[N+](=O)[O-]. The van der Waals surface area contributed by atoms with Crippen LogP contribution < -0.4 is 10.6 Å². The molecule has 8 nitrogen and oxygen atoms in total. The molecule has 1 amide bonds. The van der Waals surface area contributed by atoms with Crippen LogP contribution in [0.5, 0.6) is 0 Å². The molecule has 2 N–H and O–H groups in total. The first-order chi connectivity index (χ1) is 11.3. The topological polar surface area (TPSA) is 102 Å².